The summed E-state index contributed by atoms with van der Waals surface area (Å²) in [5, 5.41) is 19.9. The Morgan fingerprint density at radius 3 is 2.63 bits per heavy atom. The zero-order valence-electron chi connectivity index (χ0n) is 15.9. The first kappa shape index (κ1) is 19.7. The molecule has 7 nitrogen and oxygen atoms in total. The molecular formula is C22H17N3O4S. The molecule has 8 heteroatoms. The first-order chi connectivity index (χ1) is 14.4. The molecule has 2 heterocycles. The Kier molecular flexibility index (Phi) is 5.24. The van der Waals surface area contributed by atoms with Crippen molar-refractivity contribution in [3.8, 4) is 17.3 Å². The molecule has 30 heavy (non-hydrogen) atoms. The number of para-hydroxylation sites is 1. The van der Waals surface area contributed by atoms with Gasteiger partial charge in [0.25, 0.3) is 5.56 Å². The molecule has 0 saturated heterocycles. The minimum Gasteiger partial charge on any atom is -0.504 e. The van der Waals surface area contributed by atoms with Crippen LogP contribution in [0.2, 0.25) is 0 Å². The highest BCUT2D eigenvalue weighted by Crippen LogP contribution is 2.27. The van der Waals surface area contributed by atoms with E-state index in [1.807, 2.05) is 13.0 Å². The molecule has 4 aromatic rings. The summed E-state index contributed by atoms with van der Waals surface area (Å²) in [4.78, 5) is 34.7. The van der Waals surface area contributed by atoms with E-state index in [0.29, 0.717) is 21.9 Å². The normalized spacial score (nSPS) is 11.0. The summed E-state index contributed by atoms with van der Waals surface area (Å²) in [7, 11) is 0. The summed E-state index contributed by atoms with van der Waals surface area (Å²) in [5.41, 5.74) is 1.45. The number of Topliss-reactive ketones (excluding diaryl/α,β-unsaturated/α-hetero) is 1. The number of carbonyl (C=O) groups excluding carboxylic acids is 1. The lowest BCUT2D eigenvalue weighted by atomic mass is 10.1. The predicted octanol–water partition coefficient (Wildman–Crippen LogP) is 3.48. The standard InChI is InChI=1S/C22H17N3O4S/c1-13-8-9-23-20(10-13)25-21(29)15-4-2-3-5-16(15)24-22(25)30-12-19(28)14-6-7-17(26)18(27)11-14/h2-11,26-27H,12H2,1H3. The maximum Gasteiger partial charge on any atom is 0.267 e. The second-order valence-corrected chi connectivity index (χ2v) is 7.60. The van der Waals surface area contributed by atoms with Gasteiger partial charge in [0.2, 0.25) is 0 Å². The summed E-state index contributed by atoms with van der Waals surface area (Å²) in [6, 6.07) is 14.5. The van der Waals surface area contributed by atoms with Gasteiger partial charge >= 0.3 is 0 Å². The molecule has 0 amide bonds. The number of ketones is 1. The van der Waals surface area contributed by atoms with Crippen LogP contribution in [-0.2, 0) is 0 Å². The number of aromatic hydroxyl groups is 2. The number of nitrogens with zero attached hydrogens (tertiary/aromatic N) is 3. The molecule has 4 rings (SSSR count). The predicted molar refractivity (Wildman–Crippen MR) is 115 cm³/mol. The summed E-state index contributed by atoms with van der Waals surface area (Å²) < 4.78 is 1.40. The fraction of sp³-hybridized carbons (Fsp3) is 0.0909. The van der Waals surface area contributed by atoms with Crippen LogP contribution in [0.1, 0.15) is 15.9 Å². The van der Waals surface area contributed by atoms with E-state index in [1.54, 1.807) is 36.5 Å². The summed E-state index contributed by atoms with van der Waals surface area (Å²) >= 11 is 1.11. The van der Waals surface area contributed by atoms with Crippen molar-refractivity contribution in [2.24, 2.45) is 0 Å². The van der Waals surface area contributed by atoms with Gasteiger partial charge in [0, 0.05) is 11.8 Å². The molecule has 2 aromatic carbocycles. The lowest BCUT2D eigenvalue weighted by Crippen LogP contribution is -2.23. The molecular weight excluding hydrogens is 402 g/mol. The molecule has 0 atom stereocenters. The maximum absolute atomic E-state index is 13.2. The third-order valence-electron chi connectivity index (χ3n) is 4.50. The van der Waals surface area contributed by atoms with E-state index in [4.69, 9.17) is 0 Å². The molecule has 0 spiro atoms. The van der Waals surface area contributed by atoms with Gasteiger partial charge < -0.3 is 10.2 Å². The number of fused-ring (bicyclic) bond motifs is 1. The van der Waals surface area contributed by atoms with Gasteiger partial charge in [0.05, 0.1) is 16.7 Å². The fourth-order valence-electron chi connectivity index (χ4n) is 2.96. The van der Waals surface area contributed by atoms with E-state index in [1.165, 1.54) is 22.8 Å². The molecule has 2 aromatic heterocycles. The average molecular weight is 419 g/mol. The molecule has 0 aliphatic heterocycles. The Labute approximate surface area is 175 Å². The van der Waals surface area contributed by atoms with Gasteiger partial charge in [-0.15, -0.1) is 0 Å². The first-order valence-electron chi connectivity index (χ1n) is 9.07. The lowest BCUT2D eigenvalue weighted by molar-refractivity contribution is 0.102. The molecule has 0 radical (unpaired) electrons. The van der Waals surface area contributed by atoms with Crippen LogP contribution in [0.15, 0.2) is 70.7 Å². The minimum atomic E-state index is -0.365. The number of pyridine rings is 1. The number of rotatable bonds is 5. The fourth-order valence-corrected chi connectivity index (χ4v) is 3.86. The summed E-state index contributed by atoms with van der Waals surface area (Å²) in [5.74, 6) is -0.525. The highest BCUT2D eigenvalue weighted by Gasteiger charge is 2.17. The third-order valence-corrected chi connectivity index (χ3v) is 5.44. The molecule has 0 saturated carbocycles. The Bertz CT molecular complexity index is 1330. The van der Waals surface area contributed by atoms with Crippen molar-refractivity contribution in [1.29, 1.82) is 0 Å². The molecule has 0 bridgehead atoms. The topological polar surface area (TPSA) is 105 Å². The number of phenolic OH excluding ortho intramolecular Hbond substituents is 2. The molecule has 0 aliphatic rings. The van der Waals surface area contributed by atoms with Crippen molar-refractivity contribution in [3.05, 3.63) is 82.3 Å². The van der Waals surface area contributed by atoms with Gasteiger partial charge in [-0.2, -0.15) is 0 Å². The molecule has 150 valence electrons. The Morgan fingerprint density at radius 1 is 1.07 bits per heavy atom. The van der Waals surface area contributed by atoms with E-state index >= 15 is 0 Å². The van der Waals surface area contributed by atoms with Crippen molar-refractivity contribution in [2.75, 3.05) is 5.75 Å². The monoisotopic (exact) mass is 419 g/mol. The van der Waals surface area contributed by atoms with Gasteiger partial charge in [0.15, 0.2) is 22.4 Å². The van der Waals surface area contributed by atoms with Crippen LogP contribution in [0, 0.1) is 6.92 Å². The SMILES string of the molecule is Cc1ccnc(-n2c(SCC(=O)c3ccc(O)c(O)c3)nc3ccccc3c2=O)c1. The highest BCUT2D eigenvalue weighted by molar-refractivity contribution is 7.99. The lowest BCUT2D eigenvalue weighted by Gasteiger charge is -2.12. The van der Waals surface area contributed by atoms with E-state index in [2.05, 4.69) is 9.97 Å². The third kappa shape index (κ3) is 3.77. The van der Waals surface area contributed by atoms with Crippen molar-refractivity contribution < 1.29 is 15.0 Å². The molecule has 2 N–H and O–H groups in total. The van der Waals surface area contributed by atoms with Crippen LogP contribution in [-0.4, -0.2) is 36.3 Å². The van der Waals surface area contributed by atoms with E-state index in [0.717, 1.165) is 17.3 Å². The Hall–Kier alpha value is -3.65. The van der Waals surface area contributed by atoms with E-state index in [9.17, 15) is 19.8 Å². The van der Waals surface area contributed by atoms with Crippen LogP contribution in [0.5, 0.6) is 11.5 Å². The van der Waals surface area contributed by atoms with Gasteiger partial charge in [-0.3, -0.25) is 9.59 Å². The van der Waals surface area contributed by atoms with E-state index in [-0.39, 0.29) is 34.2 Å². The first-order valence-corrected chi connectivity index (χ1v) is 10.1. The maximum atomic E-state index is 13.2. The van der Waals surface area contributed by atoms with Crippen molar-refractivity contribution in [1.82, 2.24) is 14.5 Å². The molecule has 0 unspecified atom stereocenters. The zero-order chi connectivity index (χ0) is 21.3. The zero-order valence-corrected chi connectivity index (χ0v) is 16.8. The van der Waals surface area contributed by atoms with Crippen LogP contribution >= 0.6 is 11.8 Å². The van der Waals surface area contributed by atoms with Gasteiger partial charge in [-0.05, 0) is 55.0 Å². The number of hydrogen-bond acceptors (Lipinski definition) is 7. The van der Waals surface area contributed by atoms with Crippen molar-refractivity contribution in [3.63, 3.8) is 0 Å². The number of phenols is 2. The van der Waals surface area contributed by atoms with Crippen LogP contribution in [0.3, 0.4) is 0 Å². The van der Waals surface area contributed by atoms with Crippen LogP contribution < -0.4 is 5.56 Å². The second kappa shape index (κ2) is 8.00. The number of benzene rings is 2. The highest BCUT2D eigenvalue weighted by atomic mass is 32.2. The summed E-state index contributed by atoms with van der Waals surface area (Å²) in [6.45, 7) is 1.90. The van der Waals surface area contributed by atoms with E-state index < -0.39 is 0 Å². The largest absolute Gasteiger partial charge is 0.504 e. The number of thioether (sulfide) groups is 1. The number of aryl methyl sites for hydroxylation is 1. The quantitative estimate of drug-likeness (QED) is 0.221. The molecule has 0 fully saturated rings. The van der Waals surface area contributed by atoms with Gasteiger partial charge in [-0.25, -0.2) is 14.5 Å². The van der Waals surface area contributed by atoms with Crippen LogP contribution in [0.25, 0.3) is 16.7 Å². The average Bonchev–Trinajstić information content (AvgIpc) is 2.74. The molecule has 0 aliphatic carbocycles. The minimum absolute atomic E-state index is 0.0131. The Morgan fingerprint density at radius 2 is 1.87 bits per heavy atom. The number of carbonyl (C=O) groups is 1. The van der Waals surface area contributed by atoms with Crippen molar-refractivity contribution in [2.45, 2.75) is 12.1 Å². The van der Waals surface area contributed by atoms with Gasteiger partial charge in [0.1, 0.15) is 5.82 Å². The number of aromatic nitrogens is 3. The smallest absolute Gasteiger partial charge is 0.267 e. The van der Waals surface area contributed by atoms with Gasteiger partial charge in [-0.1, -0.05) is 23.9 Å². The van der Waals surface area contributed by atoms with Crippen molar-refractivity contribution >= 4 is 28.4 Å². The second-order valence-electron chi connectivity index (χ2n) is 6.66. The number of hydrogen-bond donors (Lipinski definition) is 2. The Balaban J connectivity index is 1.75. The van der Waals surface area contributed by atoms with Crippen LogP contribution in [0.4, 0.5) is 0 Å². The summed E-state index contributed by atoms with van der Waals surface area (Å²) in [6.07, 6.45) is 1.62.